The third-order valence-electron chi connectivity index (χ3n) is 3.02. The number of nitrogens with one attached hydrogen (secondary N) is 1. The van der Waals surface area contributed by atoms with E-state index in [0.29, 0.717) is 5.71 Å². The van der Waals surface area contributed by atoms with Crippen molar-refractivity contribution in [1.82, 2.24) is 0 Å². The minimum atomic E-state index is 0.208. The summed E-state index contributed by atoms with van der Waals surface area (Å²) in [5.74, 6) is 0.415. The highest BCUT2D eigenvalue weighted by atomic mass is 15.4. The van der Waals surface area contributed by atoms with Gasteiger partial charge in [-0.25, -0.2) is 0 Å². The molecule has 0 aliphatic carbocycles. The molecule has 5 N–H and O–H groups in total. The second kappa shape index (κ2) is 5.46. The molecule has 6 nitrogen and oxygen atoms in total. The topological polar surface area (TPSA) is 101 Å². The van der Waals surface area contributed by atoms with Gasteiger partial charge in [0.2, 0.25) is 0 Å². The van der Waals surface area contributed by atoms with Crippen molar-refractivity contribution < 1.29 is 0 Å². The van der Waals surface area contributed by atoms with E-state index in [1.54, 1.807) is 0 Å². The van der Waals surface area contributed by atoms with Gasteiger partial charge in [0, 0.05) is 0 Å². The molecule has 1 heterocycles. The van der Waals surface area contributed by atoms with Crippen LogP contribution in [0.4, 0.5) is 5.69 Å². The van der Waals surface area contributed by atoms with Gasteiger partial charge in [-0.15, -0.1) is 10.2 Å². The van der Waals surface area contributed by atoms with Crippen LogP contribution in [-0.4, -0.2) is 17.4 Å². The lowest BCUT2D eigenvalue weighted by molar-refractivity contribution is 1.25. The fraction of sp³-hybridized carbons (Fsp3) is 0. The Labute approximate surface area is 121 Å². The zero-order valence-electron chi connectivity index (χ0n) is 11.2. The molecular weight excluding hydrogens is 264 g/mol. The Morgan fingerprint density at radius 1 is 0.810 bits per heavy atom. The molecule has 21 heavy (non-hydrogen) atoms. The molecule has 3 rings (SSSR count). The molecule has 2 aromatic rings. The monoisotopic (exact) mass is 278 g/mol. The van der Waals surface area contributed by atoms with Gasteiger partial charge in [-0.1, -0.05) is 42.5 Å². The average molecular weight is 278 g/mol. The largest absolute Gasteiger partial charge is 0.380 e. The molecule has 6 heteroatoms. The Morgan fingerprint density at radius 3 is 2.19 bits per heavy atom. The molecule has 0 aromatic heterocycles. The van der Waals surface area contributed by atoms with Gasteiger partial charge in [0.1, 0.15) is 0 Å². The number of hydrazone groups is 1. The number of benzene rings is 2. The summed E-state index contributed by atoms with van der Waals surface area (Å²) in [6, 6.07) is 18.0. The van der Waals surface area contributed by atoms with E-state index in [9.17, 15) is 0 Å². The van der Waals surface area contributed by atoms with E-state index in [-0.39, 0.29) is 11.7 Å². The van der Waals surface area contributed by atoms with Crippen molar-refractivity contribution in [2.24, 2.45) is 26.8 Å². The van der Waals surface area contributed by atoms with Crippen LogP contribution in [0.5, 0.6) is 0 Å². The van der Waals surface area contributed by atoms with Gasteiger partial charge in [0.05, 0.1) is 5.69 Å². The quantitative estimate of drug-likeness (QED) is 0.745. The van der Waals surface area contributed by atoms with Crippen LogP contribution in [0, 0.1) is 0 Å². The predicted octanol–water partition coefficient (Wildman–Crippen LogP) is 1.76. The van der Waals surface area contributed by atoms with E-state index in [1.807, 2.05) is 42.5 Å². The van der Waals surface area contributed by atoms with Crippen LogP contribution in [0.25, 0.3) is 11.1 Å². The molecule has 1 aliphatic rings. The standard InChI is InChI=1S/C15H14N6/c16-14-13(15(17)21-20-14)19-18-12-8-4-7-11(9-12)10-5-2-1-3-6-10/h1-9,18H,(H4,16,17,19,20,21). The minimum absolute atomic E-state index is 0.208. The zero-order chi connectivity index (χ0) is 14.7. The van der Waals surface area contributed by atoms with Gasteiger partial charge in [-0.05, 0) is 23.3 Å². The summed E-state index contributed by atoms with van der Waals surface area (Å²) in [4.78, 5) is 0. The highest BCUT2D eigenvalue weighted by Gasteiger charge is 2.16. The molecule has 0 saturated heterocycles. The van der Waals surface area contributed by atoms with Crippen molar-refractivity contribution in [2.75, 3.05) is 5.43 Å². The van der Waals surface area contributed by atoms with E-state index >= 15 is 0 Å². The van der Waals surface area contributed by atoms with Gasteiger partial charge in [0.15, 0.2) is 17.4 Å². The molecule has 0 spiro atoms. The molecule has 0 amide bonds. The number of nitrogens with two attached hydrogens (primary N) is 2. The van der Waals surface area contributed by atoms with Crippen LogP contribution in [0.2, 0.25) is 0 Å². The molecule has 0 saturated carbocycles. The van der Waals surface area contributed by atoms with Gasteiger partial charge < -0.3 is 11.5 Å². The van der Waals surface area contributed by atoms with Crippen LogP contribution in [0.15, 0.2) is 69.9 Å². The summed E-state index contributed by atoms with van der Waals surface area (Å²) in [5, 5.41) is 11.5. The summed E-state index contributed by atoms with van der Waals surface area (Å²) in [6.07, 6.45) is 0. The first-order chi connectivity index (χ1) is 10.2. The van der Waals surface area contributed by atoms with Crippen molar-refractivity contribution in [3.8, 4) is 11.1 Å². The second-order valence-electron chi connectivity index (χ2n) is 4.49. The molecule has 104 valence electrons. The van der Waals surface area contributed by atoms with E-state index in [0.717, 1.165) is 16.8 Å². The molecular formula is C15H14N6. The maximum absolute atomic E-state index is 5.64. The van der Waals surface area contributed by atoms with E-state index < -0.39 is 0 Å². The molecule has 2 aromatic carbocycles. The summed E-state index contributed by atoms with van der Waals surface area (Å²) >= 11 is 0. The fourth-order valence-electron chi connectivity index (χ4n) is 1.97. The number of rotatable bonds is 3. The van der Waals surface area contributed by atoms with Gasteiger partial charge in [0.25, 0.3) is 0 Å². The van der Waals surface area contributed by atoms with Gasteiger partial charge >= 0.3 is 0 Å². The Kier molecular flexibility index (Phi) is 3.34. The lowest BCUT2D eigenvalue weighted by Gasteiger charge is -2.06. The number of hydrogen-bond acceptors (Lipinski definition) is 6. The Morgan fingerprint density at radius 2 is 1.48 bits per heavy atom. The van der Waals surface area contributed by atoms with Crippen LogP contribution in [0.1, 0.15) is 0 Å². The first-order valence-electron chi connectivity index (χ1n) is 6.40. The van der Waals surface area contributed by atoms with Crippen molar-refractivity contribution in [3.63, 3.8) is 0 Å². The van der Waals surface area contributed by atoms with Crippen LogP contribution >= 0.6 is 0 Å². The van der Waals surface area contributed by atoms with Crippen molar-refractivity contribution >= 4 is 23.1 Å². The van der Waals surface area contributed by atoms with Crippen LogP contribution < -0.4 is 16.9 Å². The maximum Gasteiger partial charge on any atom is 0.177 e. The number of nitrogens with zero attached hydrogens (tertiary/aromatic N) is 3. The van der Waals surface area contributed by atoms with Crippen molar-refractivity contribution in [2.45, 2.75) is 0 Å². The third-order valence-corrected chi connectivity index (χ3v) is 3.02. The number of amidine groups is 2. The van der Waals surface area contributed by atoms with E-state index in [4.69, 9.17) is 11.5 Å². The van der Waals surface area contributed by atoms with Crippen molar-refractivity contribution in [3.05, 3.63) is 54.6 Å². The van der Waals surface area contributed by atoms with Crippen molar-refractivity contribution in [1.29, 1.82) is 0 Å². The molecule has 0 atom stereocenters. The Balaban J connectivity index is 1.83. The fourth-order valence-corrected chi connectivity index (χ4v) is 1.97. The first kappa shape index (κ1) is 12.9. The minimum Gasteiger partial charge on any atom is -0.380 e. The summed E-state index contributed by atoms with van der Waals surface area (Å²) < 4.78 is 0. The van der Waals surface area contributed by atoms with Crippen LogP contribution in [0.3, 0.4) is 0 Å². The molecule has 0 unspecified atom stereocenters. The summed E-state index contributed by atoms with van der Waals surface area (Å²) in [5.41, 5.74) is 17.6. The molecule has 0 fully saturated rings. The van der Waals surface area contributed by atoms with E-state index in [1.165, 1.54) is 0 Å². The zero-order valence-corrected chi connectivity index (χ0v) is 11.2. The molecule has 0 bridgehead atoms. The highest BCUT2D eigenvalue weighted by molar-refractivity contribution is 6.68. The number of hydrogen-bond donors (Lipinski definition) is 3. The van der Waals surface area contributed by atoms with Gasteiger partial charge in [-0.3, -0.25) is 5.43 Å². The SMILES string of the molecule is NC1=NN=C(N)C1=NNc1cccc(-c2ccccc2)c1. The second-order valence-corrected chi connectivity index (χ2v) is 4.49. The Bertz CT molecular complexity index is 726. The van der Waals surface area contributed by atoms with Gasteiger partial charge in [-0.2, -0.15) is 5.10 Å². The normalized spacial score (nSPS) is 13.6. The average Bonchev–Trinajstić information content (AvgIpc) is 2.85. The predicted molar refractivity (Wildman–Crippen MR) is 86.2 cm³/mol. The highest BCUT2D eigenvalue weighted by Crippen LogP contribution is 2.22. The Hall–Kier alpha value is -3.15. The van der Waals surface area contributed by atoms with E-state index in [2.05, 4.69) is 32.9 Å². The first-order valence-corrected chi connectivity index (χ1v) is 6.40. The summed E-state index contributed by atoms with van der Waals surface area (Å²) in [7, 11) is 0. The number of anilines is 1. The smallest absolute Gasteiger partial charge is 0.177 e. The molecule has 1 aliphatic heterocycles. The van der Waals surface area contributed by atoms with Crippen LogP contribution in [-0.2, 0) is 0 Å². The lowest BCUT2D eigenvalue weighted by atomic mass is 10.1. The third kappa shape index (κ3) is 2.74. The summed E-state index contributed by atoms with van der Waals surface area (Å²) in [6.45, 7) is 0. The maximum atomic E-state index is 5.64. The molecule has 0 radical (unpaired) electrons. The lowest BCUT2D eigenvalue weighted by Crippen LogP contribution is -2.32.